The van der Waals surface area contributed by atoms with Gasteiger partial charge in [0.05, 0.1) is 0 Å². The number of para-hydroxylation sites is 1. The normalized spacial score (nSPS) is 22.6. The van der Waals surface area contributed by atoms with E-state index in [1.807, 2.05) is 0 Å². The molecule has 0 saturated heterocycles. The first-order chi connectivity index (χ1) is 8.18. The highest BCUT2D eigenvalue weighted by Gasteiger charge is 2.27. The van der Waals surface area contributed by atoms with Crippen molar-refractivity contribution in [2.45, 2.75) is 39.2 Å². The molecule has 94 valence electrons. The Labute approximate surface area is 105 Å². The summed E-state index contributed by atoms with van der Waals surface area (Å²) in [5.41, 5.74) is 2.82. The average Bonchev–Trinajstić information content (AvgIpc) is 2.60. The fourth-order valence-electron chi connectivity index (χ4n) is 2.62. The first kappa shape index (κ1) is 12.4. The van der Waals surface area contributed by atoms with Crippen LogP contribution in [0.3, 0.4) is 0 Å². The number of anilines is 1. The Kier molecular flexibility index (Phi) is 4.06. The monoisotopic (exact) mass is 232 g/mol. The Morgan fingerprint density at radius 1 is 1.29 bits per heavy atom. The predicted molar refractivity (Wildman–Crippen MR) is 74.6 cm³/mol. The van der Waals surface area contributed by atoms with Gasteiger partial charge in [-0.15, -0.1) is 0 Å². The van der Waals surface area contributed by atoms with Crippen molar-refractivity contribution in [3.8, 4) is 0 Å². The minimum atomic E-state index is 0.563. The Hall–Kier alpha value is -1.02. The first-order valence-electron chi connectivity index (χ1n) is 6.74. The van der Waals surface area contributed by atoms with Gasteiger partial charge in [0.2, 0.25) is 0 Å². The second-order valence-corrected chi connectivity index (χ2v) is 5.51. The van der Waals surface area contributed by atoms with Crippen molar-refractivity contribution < 1.29 is 0 Å². The fraction of sp³-hybridized carbons (Fsp3) is 0.600. The van der Waals surface area contributed by atoms with Gasteiger partial charge < -0.3 is 10.6 Å². The molecule has 0 aliphatic carbocycles. The minimum Gasteiger partial charge on any atom is -0.382 e. The quantitative estimate of drug-likeness (QED) is 0.762. The van der Waals surface area contributed by atoms with Crippen molar-refractivity contribution in [2.75, 3.05) is 18.4 Å². The molecule has 1 aromatic rings. The second-order valence-electron chi connectivity index (χ2n) is 5.51. The molecule has 2 heteroatoms. The number of fused-ring (bicyclic) bond motifs is 1. The predicted octanol–water partition coefficient (Wildman–Crippen LogP) is 3.22. The molecule has 0 aromatic heterocycles. The molecule has 1 aliphatic heterocycles. The van der Waals surface area contributed by atoms with E-state index in [0.717, 1.165) is 19.0 Å². The van der Waals surface area contributed by atoms with Crippen LogP contribution in [0.4, 0.5) is 5.69 Å². The van der Waals surface area contributed by atoms with Gasteiger partial charge >= 0.3 is 0 Å². The maximum absolute atomic E-state index is 3.57. The molecule has 2 N–H and O–H groups in total. The smallest absolute Gasteiger partial charge is 0.0378 e. The van der Waals surface area contributed by atoms with E-state index < -0.39 is 0 Å². The van der Waals surface area contributed by atoms with Gasteiger partial charge in [-0.3, -0.25) is 0 Å². The van der Waals surface area contributed by atoms with Gasteiger partial charge in [-0.05, 0) is 44.0 Å². The van der Waals surface area contributed by atoms with Crippen molar-refractivity contribution in [2.24, 2.45) is 5.92 Å². The lowest BCUT2D eigenvalue weighted by Gasteiger charge is -2.17. The van der Waals surface area contributed by atoms with Crippen molar-refractivity contribution in [3.63, 3.8) is 0 Å². The number of hydrogen-bond donors (Lipinski definition) is 2. The summed E-state index contributed by atoms with van der Waals surface area (Å²) in [6.07, 6.45) is 1.22. The molecule has 0 bridgehead atoms. The lowest BCUT2D eigenvalue weighted by molar-refractivity contribution is 0.503. The summed E-state index contributed by atoms with van der Waals surface area (Å²) in [4.78, 5) is 0. The van der Waals surface area contributed by atoms with Gasteiger partial charge in [0.1, 0.15) is 0 Å². The molecule has 0 fully saturated rings. The van der Waals surface area contributed by atoms with E-state index in [1.165, 1.54) is 17.7 Å². The first-order valence-corrected chi connectivity index (χ1v) is 6.74. The molecular formula is C15H24N2. The Balaban J connectivity index is 1.88. The summed E-state index contributed by atoms with van der Waals surface area (Å²) in [5.74, 6) is 1.40. The topological polar surface area (TPSA) is 24.1 Å². The number of rotatable bonds is 5. The summed E-state index contributed by atoms with van der Waals surface area (Å²) < 4.78 is 0. The average molecular weight is 232 g/mol. The molecule has 1 heterocycles. The molecule has 2 unspecified atom stereocenters. The molecule has 0 saturated carbocycles. The van der Waals surface area contributed by atoms with E-state index in [1.54, 1.807) is 0 Å². The van der Waals surface area contributed by atoms with Crippen LogP contribution in [0.2, 0.25) is 0 Å². The van der Waals surface area contributed by atoms with E-state index in [2.05, 4.69) is 55.7 Å². The third-order valence-electron chi connectivity index (χ3n) is 3.53. The Morgan fingerprint density at radius 2 is 2.06 bits per heavy atom. The molecule has 0 amide bonds. The largest absolute Gasteiger partial charge is 0.382 e. The zero-order chi connectivity index (χ0) is 12.3. The van der Waals surface area contributed by atoms with Crippen molar-refractivity contribution in [3.05, 3.63) is 29.8 Å². The highest BCUT2D eigenvalue weighted by molar-refractivity contribution is 5.58. The minimum absolute atomic E-state index is 0.563. The van der Waals surface area contributed by atoms with Crippen molar-refractivity contribution in [1.29, 1.82) is 0 Å². The van der Waals surface area contributed by atoms with Gasteiger partial charge in [-0.2, -0.15) is 0 Å². The summed E-state index contributed by atoms with van der Waals surface area (Å²) in [6.45, 7) is 9.02. The summed E-state index contributed by atoms with van der Waals surface area (Å²) in [6, 6.07) is 9.27. The number of benzene rings is 1. The molecule has 0 radical (unpaired) electrons. The standard InChI is InChI=1S/C15H24N2/c1-11(2)10-16-9-8-13-12(3)17-15-7-5-4-6-14(13)15/h4-7,11-13,16-17H,8-10H2,1-3H3. The van der Waals surface area contributed by atoms with Crippen LogP contribution in [-0.4, -0.2) is 19.1 Å². The maximum atomic E-state index is 3.57. The van der Waals surface area contributed by atoms with Crippen LogP contribution >= 0.6 is 0 Å². The zero-order valence-electron chi connectivity index (χ0n) is 11.2. The van der Waals surface area contributed by atoms with Gasteiger partial charge in [0.15, 0.2) is 0 Å². The molecular weight excluding hydrogens is 208 g/mol. The van der Waals surface area contributed by atoms with Gasteiger partial charge in [0, 0.05) is 17.6 Å². The zero-order valence-corrected chi connectivity index (χ0v) is 11.2. The SMILES string of the molecule is CC(C)CNCCC1c2ccccc2NC1C. The van der Waals surface area contributed by atoms with Crippen LogP contribution in [0, 0.1) is 5.92 Å². The van der Waals surface area contributed by atoms with E-state index in [9.17, 15) is 0 Å². The van der Waals surface area contributed by atoms with Crippen LogP contribution in [0.25, 0.3) is 0 Å². The van der Waals surface area contributed by atoms with Crippen LogP contribution in [0.5, 0.6) is 0 Å². The lowest BCUT2D eigenvalue weighted by atomic mass is 9.93. The lowest BCUT2D eigenvalue weighted by Crippen LogP contribution is -2.25. The maximum Gasteiger partial charge on any atom is 0.0378 e. The van der Waals surface area contributed by atoms with E-state index in [0.29, 0.717) is 12.0 Å². The van der Waals surface area contributed by atoms with E-state index >= 15 is 0 Å². The summed E-state index contributed by atoms with van der Waals surface area (Å²) in [7, 11) is 0. The molecule has 17 heavy (non-hydrogen) atoms. The van der Waals surface area contributed by atoms with Crippen LogP contribution in [-0.2, 0) is 0 Å². The van der Waals surface area contributed by atoms with Gasteiger partial charge in [-0.25, -0.2) is 0 Å². The third-order valence-corrected chi connectivity index (χ3v) is 3.53. The Morgan fingerprint density at radius 3 is 2.82 bits per heavy atom. The van der Waals surface area contributed by atoms with Crippen molar-refractivity contribution >= 4 is 5.69 Å². The summed E-state index contributed by atoms with van der Waals surface area (Å²) >= 11 is 0. The second kappa shape index (κ2) is 5.54. The van der Waals surface area contributed by atoms with E-state index in [4.69, 9.17) is 0 Å². The number of nitrogens with one attached hydrogen (secondary N) is 2. The number of hydrogen-bond acceptors (Lipinski definition) is 2. The molecule has 2 rings (SSSR count). The molecule has 1 aliphatic rings. The highest BCUT2D eigenvalue weighted by Crippen LogP contribution is 2.37. The van der Waals surface area contributed by atoms with Gasteiger partial charge in [0.25, 0.3) is 0 Å². The molecule has 1 aromatic carbocycles. The third kappa shape index (κ3) is 3.01. The van der Waals surface area contributed by atoms with E-state index in [-0.39, 0.29) is 0 Å². The van der Waals surface area contributed by atoms with Crippen molar-refractivity contribution in [1.82, 2.24) is 5.32 Å². The summed E-state index contributed by atoms with van der Waals surface area (Å²) in [5, 5.41) is 7.10. The fourth-order valence-corrected chi connectivity index (χ4v) is 2.62. The highest BCUT2D eigenvalue weighted by atomic mass is 15.0. The molecule has 2 nitrogen and oxygen atoms in total. The molecule has 2 atom stereocenters. The Bertz CT molecular complexity index is 360. The van der Waals surface area contributed by atoms with Crippen LogP contribution in [0.15, 0.2) is 24.3 Å². The van der Waals surface area contributed by atoms with Crippen LogP contribution in [0.1, 0.15) is 38.7 Å². The van der Waals surface area contributed by atoms with Gasteiger partial charge in [-0.1, -0.05) is 32.0 Å². The molecule has 0 spiro atoms. The van der Waals surface area contributed by atoms with Crippen LogP contribution < -0.4 is 10.6 Å².